The third-order valence-corrected chi connectivity index (χ3v) is 4.95. The smallest absolute Gasteiger partial charge is 0.306 e. The number of carbonyl (C=O) groups is 2. The zero-order chi connectivity index (χ0) is 18.7. The minimum absolute atomic E-state index is 0.255. The quantitative estimate of drug-likeness (QED) is 0.467. The summed E-state index contributed by atoms with van der Waals surface area (Å²) in [5.41, 5.74) is 2.08. The van der Waals surface area contributed by atoms with Crippen LogP contribution in [0.4, 0.5) is 0 Å². The van der Waals surface area contributed by atoms with E-state index in [-0.39, 0.29) is 17.8 Å². The monoisotopic (exact) mass is 350 g/mol. The molecule has 1 aliphatic rings. The summed E-state index contributed by atoms with van der Waals surface area (Å²) >= 11 is 0. The summed E-state index contributed by atoms with van der Waals surface area (Å²) < 4.78 is 0. The van der Waals surface area contributed by atoms with Crippen LogP contribution >= 0.6 is 0 Å². The van der Waals surface area contributed by atoms with E-state index in [4.69, 9.17) is 5.11 Å². The van der Waals surface area contributed by atoms with Gasteiger partial charge in [-0.05, 0) is 49.7 Å². The predicted molar refractivity (Wildman–Crippen MR) is 100 cm³/mol. The fourth-order valence-electron chi connectivity index (χ4n) is 3.19. The topological polar surface area (TPSA) is 74.6 Å². The molecular formula is C21H34O4. The number of allylic oxidation sites excluding steroid dienone is 3. The van der Waals surface area contributed by atoms with Crippen LogP contribution in [0, 0.1) is 5.92 Å². The van der Waals surface area contributed by atoms with Gasteiger partial charge in [0.05, 0.1) is 12.0 Å². The Morgan fingerprint density at radius 3 is 2.60 bits per heavy atom. The average Bonchev–Trinajstić information content (AvgIpc) is 2.92. The highest BCUT2D eigenvalue weighted by Crippen LogP contribution is 2.28. The molecule has 0 aromatic carbocycles. The molecule has 1 aliphatic carbocycles. The van der Waals surface area contributed by atoms with E-state index < -0.39 is 5.97 Å². The molecule has 1 rings (SSSR count). The molecule has 2 N–H and O–H groups in total. The van der Waals surface area contributed by atoms with Crippen LogP contribution in [-0.4, -0.2) is 28.1 Å². The van der Waals surface area contributed by atoms with Crippen LogP contribution < -0.4 is 0 Å². The van der Waals surface area contributed by atoms with E-state index in [1.165, 1.54) is 0 Å². The number of carbonyl (C=O) groups excluding carboxylic acids is 1. The van der Waals surface area contributed by atoms with E-state index in [2.05, 4.69) is 6.92 Å². The lowest BCUT2D eigenvalue weighted by Crippen LogP contribution is -2.08. The molecular weight excluding hydrogens is 316 g/mol. The highest BCUT2D eigenvalue weighted by molar-refractivity contribution is 5.99. The minimum Gasteiger partial charge on any atom is -0.481 e. The number of rotatable bonds is 13. The molecule has 4 nitrogen and oxygen atoms in total. The number of hydrogen-bond acceptors (Lipinski definition) is 3. The lowest BCUT2D eigenvalue weighted by atomic mass is 9.99. The first kappa shape index (κ1) is 21.6. The van der Waals surface area contributed by atoms with Crippen molar-refractivity contribution in [3.8, 4) is 0 Å². The average molecular weight is 350 g/mol. The lowest BCUT2D eigenvalue weighted by molar-refractivity contribution is -0.141. The Morgan fingerprint density at radius 2 is 1.92 bits per heavy atom. The van der Waals surface area contributed by atoms with Gasteiger partial charge in [0.2, 0.25) is 0 Å². The number of aliphatic carboxylic acids is 1. The highest BCUT2D eigenvalue weighted by atomic mass is 16.4. The summed E-state index contributed by atoms with van der Waals surface area (Å²) in [6.45, 7) is 3.86. The van der Waals surface area contributed by atoms with Crippen LogP contribution in [0.15, 0.2) is 23.3 Å². The Labute approximate surface area is 152 Å². The Hall–Kier alpha value is -1.42. The number of aliphatic hydroxyl groups excluding tert-OH is 1. The van der Waals surface area contributed by atoms with Gasteiger partial charge >= 0.3 is 5.97 Å². The summed E-state index contributed by atoms with van der Waals surface area (Å²) in [6, 6.07) is 0. The summed E-state index contributed by atoms with van der Waals surface area (Å²) in [5, 5.41) is 18.8. The van der Waals surface area contributed by atoms with Crippen LogP contribution in [0.2, 0.25) is 0 Å². The van der Waals surface area contributed by atoms with E-state index >= 15 is 0 Å². The van der Waals surface area contributed by atoms with Gasteiger partial charge in [-0.2, -0.15) is 0 Å². The molecule has 0 saturated heterocycles. The van der Waals surface area contributed by atoms with Crippen molar-refractivity contribution in [3.63, 3.8) is 0 Å². The molecule has 0 aliphatic heterocycles. The molecule has 2 atom stereocenters. The second-order valence-corrected chi connectivity index (χ2v) is 7.20. The van der Waals surface area contributed by atoms with E-state index in [0.717, 1.165) is 62.5 Å². The van der Waals surface area contributed by atoms with E-state index in [0.29, 0.717) is 19.3 Å². The van der Waals surface area contributed by atoms with Crippen molar-refractivity contribution in [2.45, 2.75) is 90.6 Å². The zero-order valence-corrected chi connectivity index (χ0v) is 15.8. The largest absolute Gasteiger partial charge is 0.481 e. The van der Waals surface area contributed by atoms with Crippen molar-refractivity contribution in [2.24, 2.45) is 5.92 Å². The molecule has 2 unspecified atom stereocenters. The Morgan fingerprint density at radius 1 is 1.16 bits per heavy atom. The summed E-state index contributed by atoms with van der Waals surface area (Å²) in [4.78, 5) is 22.9. The number of hydrogen-bond donors (Lipinski definition) is 2. The maximum absolute atomic E-state index is 12.1. The number of aliphatic hydroxyl groups is 1. The van der Waals surface area contributed by atoms with Crippen molar-refractivity contribution in [3.05, 3.63) is 23.3 Å². The fourth-order valence-corrected chi connectivity index (χ4v) is 3.19. The first-order valence-electron chi connectivity index (χ1n) is 9.78. The van der Waals surface area contributed by atoms with Gasteiger partial charge in [-0.15, -0.1) is 0 Å². The predicted octanol–water partition coefficient (Wildman–Crippen LogP) is 4.81. The molecule has 0 radical (unpaired) electrons. The SMILES string of the molecule is CCCCC(O)CC=CC1=C(CCCCCC(C)C(=O)O)C(=O)CC1. The van der Waals surface area contributed by atoms with Gasteiger partial charge in [-0.1, -0.05) is 51.7 Å². The van der Waals surface area contributed by atoms with Crippen LogP contribution in [0.3, 0.4) is 0 Å². The highest BCUT2D eigenvalue weighted by Gasteiger charge is 2.20. The Balaban J connectivity index is 2.39. The summed E-state index contributed by atoms with van der Waals surface area (Å²) in [6.07, 6.45) is 13.1. The summed E-state index contributed by atoms with van der Waals surface area (Å²) in [5.74, 6) is -0.766. The first-order valence-corrected chi connectivity index (χ1v) is 9.78. The van der Waals surface area contributed by atoms with Crippen molar-refractivity contribution >= 4 is 11.8 Å². The van der Waals surface area contributed by atoms with Crippen molar-refractivity contribution in [2.75, 3.05) is 0 Å². The van der Waals surface area contributed by atoms with Crippen molar-refractivity contribution in [1.29, 1.82) is 0 Å². The molecule has 0 aromatic rings. The van der Waals surface area contributed by atoms with E-state index in [1.807, 2.05) is 12.2 Å². The van der Waals surface area contributed by atoms with Crippen LogP contribution in [-0.2, 0) is 9.59 Å². The minimum atomic E-state index is -0.734. The van der Waals surface area contributed by atoms with Gasteiger partial charge in [0.1, 0.15) is 0 Å². The number of ketones is 1. The van der Waals surface area contributed by atoms with Crippen LogP contribution in [0.1, 0.15) is 84.5 Å². The normalized spacial score (nSPS) is 17.5. The third kappa shape index (κ3) is 8.48. The summed E-state index contributed by atoms with van der Waals surface area (Å²) in [7, 11) is 0. The molecule has 0 heterocycles. The first-order chi connectivity index (χ1) is 12.0. The lowest BCUT2D eigenvalue weighted by Gasteiger charge is -2.07. The molecule has 25 heavy (non-hydrogen) atoms. The molecule has 0 bridgehead atoms. The molecule has 0 fully saturated rings. The Kier molecular flexibility index (Phi) is 10.4. The second-order valence-electron chi connectivity index (χ2n) is 7.20. The third-order valence-electron chi connectivity index (χ3n) is 4.95. The molecule has 0 spiro atoms. The van der Waals surface area contributed by atoms with Gasteiger partial charge in [-0.25, -0.2) is 0 Å². The Bertz CT molecular complexity index is 490. The van der Waals surface area contributed by atoms with Gasteiger partial charge < -0.3 is 10.2 Å². The second kappa shape index (κ2) is 12.0. The van der Waals surface area contributed by atoms with Crippen molar-refractivity contribution in [1.82, 2.24) is 0 Å². The van der Waals surface area contributed by atoms with E-state index in [1.54, 1.807) is 6.92 Å². The van der Waals surface area contributed by atoms with Gasteiger partial charge in [0.15, 0.2) is 5.78 Å². The molecule has 0 aromatic heterocycles. The van der Waals surface area contributed by atoms with Gasteiger partial charge in [0, 0.05) is 6.42 Å². The molecule has 0 amide bonds. The van der Waals surface area contributed by atoms with Crippen molar-refractivity contribution < 1.29 is 19.8 Å². The van der Waals surface area contributed by atoms with Crippen LogP contribution in [0.5, 0.6) is 0 Å². The van der Waals surface area contributed by atoms with E-state index in [9.17, 15) is 14.7 Å². The van der Waals surface area contributed by atoms with Gasteiger partial charge in [-0.3, -0.25) is 9.59 Å². The standard InChI is InChI=1S/C21H34O4/c1-3-4-11-18(22)12-8-10-17-14-15-20(23)19(17)13-7-5-6-9-16(2)21(24)25/h8,10,16,18,22H,3-7,9,11-15H2,1-2H3,(H,24,25). The maximum atomic E-state index is 12.1. The number of carboxylic acid groups (broad SMARTS) is 1. The fraction of sp³-hybridized carbons (Fsp3) is 0.714. The van der Waals surface area contributed by atoms with Crippen LogP contribution in [0.25, 0.3) is 0 Å². The maximum Gasteiger partial charge on any atom is 0.306 e. The number of unbranched alkanes of at least 4 members (excludes halogenated alkanes) is 3. The zero-order valence-electron chi connectivity index (χ0n) is 15.8. The van der Waals surface area contributed by atoms with Gasteiger partial charge in [0.25, 0.3) is 0 Å². The molecule has 0 saturated carbocycles. The molecule has 4 heteroatoms. The number of carboxylic acids is 1. The molecule has 142 valence electrons. The number of Topliss-reactive ketones (excluding diaryl/α,β-unsaturated/α-hetero) is 1.